The Bertz CT molecular complexity index is 535. The van der Waals surface area contributed by atoms with Gasteiger partial charge in [-0.2, -0.15) is 5.10 Å². The third-order valence-corrected chi connectivity index (χ3v) is 6.25. The molecule has 7 nitrogen and oxygen atoms in total. The molecule has 1 N–H and O–H groups in total. The van der Waals surface area contributed by atoms with Crippen molar-refractivity contribution in [2.75, 3.05) is 20.2 Å². The van der Waals surface area contributed by atoms with E-state index in [0.29, 0.717) is 6.04 Å². The number of piperidine rings is 1. The van der Waals surface area contributed by atoms with Crippen molar-refractivity contribution in [3.8, 4) is 0 Å². The maximum atomic E-state index is 12.6. The van der Waals surface area contributed by atoms with Crippen LogP contribution in [0.1, 0.15) is 52.0 Å². The number of aromatic nitrogens is 3. The molecule has 2 fully saturated rings. The number of likely N-dealkylation sites (tertiary alicyclic amines) is 1. The van der Waals surface area contributed by atoms with Gasteiger partial charge in [-0.3, -0.25) is 0 Å². The molecule has 1 aliphatic heterocycles. The molecule has 24 heavy (non-hydrogen) atoms. The maximum Gasteiger partial charge on any atom is 0.317 e. The Balaban J connectivity index is 1.53. The molecule has 0 unspecified atom stereocenters. The lowest BCUT2D eigenvalue weighted by Gasteiger charge is -2.55. The number of hydrogen-bond acceptors (Lipinski definition) is 4. The van der Waals surface area contributed by atoms with Crippen molar-refractivity contribution in [1.29, 1.82) is 0 Å². The van der Waals surface area contributed by atoms with Gasteiger partial charge >= 0.3 is 6.03 Å². The fourth-order valence-corrected chi connectivity index (χ4v) is 4.46. The Morgan fingerprint density at radius 3 is 2.58 bits per heavy atom. The number of nitrogens with zero attached hydrogens (tertiary/aromatic N) is 4. The Labute approximate surface area is 143 Å². The molecule has 1 aliphatic carbocycles. The molecule has 3 rings (SSSR count). The number of carbonyl (C=O) groups is 1. The monoisotopic (exact) mass is 335 g/mol. The lowest BCUT2D eigenvalue weighted by atomic mass is 9.58. The summed E-state index contributed by atoms with van der Waals surface area (Å²) in [7, 11) is 1.78. The van der Waals surface area contributed by atoms with Crippen molar-refractivity contribution in [1.82, 2.24) is 25.0 Å². The van der Waals surface area contributed by atoms with Gasteiger partial charge in [0.15, 0.2) is 0 Å². The van der Waals surface area contributed by atoms with Gasteiger partial charge in [0.25, 0.3) is 0 Å². The Morgan fingerprint density at radius 1 is 1.33 bits per heavy atom. The van der Waals surface area contributed by atoms with Gasteiger partial charge in [0.2, 0.25) is 0 Å². The van der Waals surface area contributed by atoms with Crippen LogP contribution >= 0.6 is 0 Å². The second-order valence-electron chi connectivity index (χ2n) is 7.00. The van der Waals surface area contributed by atoms with Crippen LogP contribution in [0.5, 0.6) is 0 Å². The number of rotatable bonds is 5. The summed E-state index contributed by atoms with van der Waals surface area (Å²) in [5.41, 5.74) is 0.0868. The fourth-order valence-electron chi connectivity index (χ4n) is 4.46. The lowest BCUT2D eigenvalue weighted by molar-refractivity contribution is -0.120. The minimum atomic E-state index is 0.0675. The molecule has 0 spiro atoms. The van der Waals surface area contributed by atoms with Crippen molar-refractivity contribution in [2.45, 2.75) is 64.1 Å². The first-order valence-electron chi connectivity index (χ1n) is 9.07. The summed E-state index contributed by atoms with van der Waals surface area (Å²) in [6.07, 6.45) is 8.41. The number of methoxy groups -OCH3 is 1. The molecule has 7 heteroatoms. The Hall–Kier alpha value is -1.63. The van der Waals surface area contributed by atoms with E-state index in [0.717, 1.165) is 45.2 Å². The van der Waals surface area contributed by atoms with Crippen molar-refractivity contribution >= 4 is 6.03 Å². The molecule has 0 aromatic carbocycles. The van der Waals surface area contributed by atoms with Crippen LogP contribution in [0.15, 0.2) is 12.7 Å². The lowest BCUT2D eigenvalue weighted by Crippen LogP contribution is -2.65. The SMILES string of the molecule is CCC1(CC)[C@@H](NC(=O)N2CCC(n3cncn3)CC2)C[C@@H]1OC. The molecule has 1 saturated carbocycles. The van der Waals surface area contributed by atoms with E-state index in [1.807, 2.05) is 9.58 Å². The predicted octanol–water partition coefficient (Wildman–Crippen LogP) is 2.22. The van der Waals surface area contributed by atoms with Gasteiger partial charge in [-0.25, -0.2) is 14.5 Å². The first-order valence-corrected chi connectivity index (χ1v) is 9.07. The van der Waals surface area contributed by atoms with Crippen LogP contribution in [0.4, 0.5) is 4.79 Å². The van der Waals surface area contributed by atoms with Crippen molar-refractivity contribution in [3.05, 3.63) is 12.7 Å². The molecule has 1 aromatic rings. The molecule has 134 valence electrons. The maximum absolute atomic E-state index is 12.6. The summed E-state index contributed by atoms with van der Waals surface area (Å²) in [6.45, 7) is 5.92. The average molecular weight is 335 g/mol. The molecule has 2 heterocycles. The predicted molar refractivity (Wildman–Crippen MR) is 90.6 cm³/mol. The second-order valence-corrected chi connectivity index (χ2v) is 7.00. The van der Waals surface area contributed by atoms with Crippen LogP contribution in [0.2, 0.25) is 0 Å². The van der Waals surface area contributed by atoms with Crippen molar-refractivity contribution in [2.24, 2.45) is 5.41 Å². The van der Waals surface area contributed by atoms with E-state index in [1.54, 1.807) is 19.8 Å². The summed E-state index contributed by atoms with van der Waals surface area (Å²) in [5, 5.41) is 7.48. The van der Waals surface area contributed by atoms with Gasteiger partial charge in [-0.05, 0) is 32.1 Å². The molecule has 2 atom stereocenters. The largest absolute Gasteiger partial charge is 0.381 e. The van der Waals surface area contributed by atoms with E-state index in [9.17, 15) is 4.79 Å². The van der Waals surface area contributed by atoms with Gasteiger partial charge in [0, 0.05) is 31.7 Å². The van der Waals surface area contributed by atoms with E-state index in [4.69, 9.17) is 4.74 Å². The summed E-state index contributed by atoms with van der Waals surface area (Å²) >= 11 is 0. The van der Waals surface area contributed by atoms with Gasteiger partial charge in [0.1, 0.15) is 12.7 Å². The molecule has 0 bridgehead atoms. The first kappa shape index (κ1) is 17.2. The number of hydrogen-bond donors (Lipinski definition) is 1. The minimum Gasteiger partial charge on any atom is -0.381 e. The summed E-state index contributed by atoms with van der Waals surface area (Å²) in [5.74, 6) is 0. The summed E-state index contributed by atoms with van der Waals surface area (Å²) < 4.78 is 7.52. The van der Waals surface area contributed by atoms with E-state index in [2.05, 4.69) is 29.2 Å². The first-order chi connectivity index (χ1) is 11.6. The standard InChI is InChI=1S/C17H29N5O2/c1-4-17(5-2)14(10-15(17)24-3)20-16(23)21-8-6-13(7-9-21)22-12-18-11-19-22/h11-15H,4-10H2,1-3H3,(H,20,23)/t14-,15-/m0/s1. The molecular formula is C17H29N5O2. The van der Waals surface area contributed by atoms with Crippen LogP contribution < -0.4 is 5.32 Å². The number of carbonyl (C=O) groups excluding carboxylic acids is 1. The van der Waals surface area contributed by atoms with Crippen LogP contribution in [-0.4, -0.2) is 58.0 Å². The van der Waals surface area contributed by atoms with E-state index < -0.39 is 0 Å². The van der Waals surface area contributed by atoms with Crippen molar-refractivity contribution < 1.29 is 9.53 Å². The number of ether oxygens (including phenoxy) is 1. The van der Waals surface area contributed by atoms with E-state index in [1.165, 1.54) is 0 Å². The van der Waals surface area contributed by atoms with Gasteiger partial charge in [-0.15, -0.1) is 0 Å². The Kier molecular flexibility index (Phi) is 5.08. The molecule has 2 amide bonds. The van der Waals surface area contributed by atoms with Crippen molar-refractivity contribution in [3.63, 3.8) is 0 Å². The third-order valence-electron chi connectivity index (χ3n) is 6.25. The molecular weight excluding hydrogens is 306 g/mol. The zero-order valence-electron chi connectivity index (χ0n) is 14.9. The smallest absolute Gasteiger partial charge is 0.317 e. The highest BCUT2D eigenvalue weighted by Gasteiger charge is 2.53. The molecule has 1 saturated heterocycles. The van der Waals surface area contributed by atoms with Gasteiger partial charge < -0.3 is 15.0 Å². The average Bonchev–Trinajstić information content (AvgIpc) is 3.14. The van der Waals surface area contributed by atoms with Crippen LogP contribution in [0.25, 0.3) is 0 Å². The minimum absolute atomic E-state index is 0.0675. The third kappa shape index (κ3) is 2.90. The number of amides is 2. The second kappa shape index (κ2) is 7.09. The summed E-state index contributed by atoms with van der Waals surface area (Å²) in [4.78, 5) is 18.6. The molecule has 2 aliphatic rings. The quantitative estimate of drug-likeness (QED) is 0.895. The highest BCUT2D eigenvalue weighted by molar-refractivity contribution is 5.75. The normalized spacial score (nSPS) is 26.9. The topological polar surface area (TPSA) is 72.3 Å². The van der Waals surface area contributed by atoms with Crippen LogP contribution in [0.3, 0.4) is 0 Å². The van der Waals surface area contributed by atoms with E-state index in [-0.39, 0.29) is 23.6 Å². The molecule has 1 aromatic heterocycles. The van der Waals surface area contributed by atoms with Crippen LogP contribution in [0, 0.1) is 5.41 Å². The summed E-state index contributed by atoms with van der Waals surface area (Å²) in [6, 6.07) is 0.638. The van der Waals surface area contributed by atoms with Crippen LogP contribution in [-0.2, 0) is 4.74 Å². The van der Waals surface area contributed by atoms with E-state index >= 15 is 0 Å². The Morgan fingerprint density at radius 2 is 2.04 bits per heavy atom. The highest BCUT2D eigenvalue weighted by atomic mass is 16.5. The fraction of sp³-hybridized carbons (Fsp3) is 0.824. The number of nitrogens with one attached hydrogen (secondary N) is 1. The van der Waals surface area contributed by atoms with Gasteiger partial charge in [-0.1, -0.05) is 13.8 Å². The molecule has 0 radical (unpaired) electrons. The number of urea groups is 1. The highest BCUT2D eigenvalue weighted by Crippen LogP contribution is 2.48. The zero-order valence-corrected chi connectivity index (χ0v) is 14.9. The zero-order chi connectivity index (χ0) is 17.2. The van der Waals surface area contributed by atoms with Gasteiger partial charge in [0.05, 0.1) is 12.1 Å².